The van der Waals surface area contributed by atoms with Crippen LogP contribution in [0, 0.1) is 0 Å². The Kier molecular flexibility index (Phi) is 8.55. The first-order chi connectivity index (χ1) is 6.21. The summed E-state index contributed by atoms with van der Waals surface area (Å²) in [5.74, 6) is 0. The minimum atomic E-state index is 0.361. The highest BCUT2D eigenvalue weighted by molar-refractivity contribution is 9.41. The van der Waals surface area contributed by atoms with Crippen molar-refractivity contribution in [3.8, 4) is 0 Å². The van der Waals surface area contributed by atoms with Gasteiger partial charge in [0.25, 0.3) is 0 Å². The van der Waals surface area contributed by atoms with Crippen LogP contribution in [0.4, 0.5) is 0 Å². The summed E-state index contributed by atoms with van der Waals surface area (Å²) in [6.45, 7) is 13.5. The molecule has 0 aromatic heterocycles. The van der Waals surface area contributed by atoms with Gasteiger partial charge in [0.15, 0.2) is 0 Å². The summed E-state index contributed by atoms with van der Waals surface area (Å²) in [6, 6.07) is 0. The maximum absolute atomic E-state index is 2.24. The van der Waals surface area contributed by atoms with Gasteiger partial charge < -0.3 is 0 Å². The zero-order valence-corrected chi connectivity index (χ0v) is 14.3. The predicted molar refractivity (Wildman–Crippen MR) is 85.1 cm³/mol. The second-order valence-corrected chi connectivity index (χ2v) is 15.5. The highest BCUT2D eigenvalue weighted by atomic mass is 33.9. The van der Waals surface area contributed by atoms with Crippen molar-refractivity contribution < 1.29 is 0 Å². The van der Waals surface area contributed by atoms with E-state index in [1.807, 2.05) is 60.9 Å². The second-order valence-electron chi connectivity index (χ2n) is 4.66. The summed E-state index contributed by atoms with van der Waals surface area (Å²) in [4.78, 5) is 0. The summed E-state index contributed by atoms with van der Waals surface area (Å²) in [7, 11) is 11.3. The first-order valence-corrected chi connectivity index (χ1v) is 11.7. The molecule has 0 fully saturated rings. The molecule has 6 heteroatoms. The molecule has 0 aliphatic rings. The van der Waals surface area contributed by atoms with Gasteiger partial charge in [-0.25, -0.2) is 0 Å². The van der Waals surface area contributed by atoms with Gasteiger partial charge in [-0.1, -0.05) is 63.1 Å². The van der Waals surface area contributed by atoms with E-state index in [1.165, 1.54) is 0 Å². The monoisotopic (exact) mass is 306 g/mol. The second kappa shape index (κ2) is 7.43. The minimum absolute atomic E-state index is 0.361. The van der Waals surface area contributed by atoms with Gasteiger partial charge >= 0.3 is 0 Å². The molecule has 0 aliphatic heterocycles. The van der Waals surface area contributed by atoms with Crippen LogP contribution in [0.25, 0.3) is 0 Å². The number of hydrogen-bond donors (Lipinski definition) is 0. The van der Waals surface area contributed by atoms with Gasteiger partial charge in [0.05, 0.1) is 0 Å². The largest absolute Gasteiger partial charge is 0.0757 e. The molecule has 0 bridgehead atoms. The SMILES string of the molecule is CC(C)(C)SSSSSSC(C)(C)C. The van der Waals surface area contributed by atoms with Crippen LogP contribution in [-0.2, 0) is 0 Å². The average molecular weight is 307 g/mol. The first-order valence-electron chi connectivity index (χ1n) is 4.24. The number of hydrogen-bond acceptors (Lipinski definition) is 6. The molecule has 0 spiro atoms. The van der Waals surface area contributed by atoms with E-state index in [2.05, 4.69) is 41.5 Å². The molecule has 0 N–H and O–H groups in total. The molecule has 0 heterocycles. The normalized spacial score (nSPS) is 13.3. The van der Waals surface area contributed by atoms with Crippen molar-refractivity contribution in [3.63, 3.8) is 0 Å². The van der Waals surface area contributed by atoms with Crippen LogP contribution >= 0.6 is 60.9 Å². The van der Waals surface area contributed by atoms with E-state index < -0.39 is 0 Å². The Hall–Kier alpha value is 2.10. The van der Waals surface area contributed by atoms with Gasteiger partial charge in [-0.2, -0.15) is 0 Å². The summed E-state index contributed by atoms with van der Waals surface area (Å²) in [5, 5.41) is 0. The zero-order valence-electron chi connectivity index (χ0n) is 9.45. The third kappa shape index (κ3) is 14.1. The fourth-order valence-corrected chi connectivity index (χ4v) is 13.3. The molecular weight excluding hydrogens is 288 g/mol. The lowest BCUT2D eigenvalue weighted by atomic mass is 10.3. The standard InChI is InChI=1S/C8H18S6/c1-7(2,3)9-11-13-14-12-10-8(4,5)6/h1-6H3. The lowest BCUT2D eigenvalue weighted by molar-refractivity contribution is 0.810. The molecule has 0 radical (unpaired) electrons. The molecule has 0 aromatic carbocycles. The molecule has 0 saturated heterocycles. The molecule has 0 atom stereocenters. The summed E-state index contributed by atoms with van der Waals surface area (Å²) < 4.78 is 0.722. The highest BCUT2D eigenvalue weighted by Gasteiger charge is 2.13. The molecule has 0 aliphatic carbocycles. The van der Waals surface area contributed by atoms with Crippen molar-refractivity contribution in [2.75, 3.05) is 0 Å². The van der Waals surface area contributed by atoms with Gasteiger partial charge in [0.1, 0.15) is 0 Å². The van der Waals surface area contributed by atoms with E-state index in [0.717, 1.165) is 0 Å². The third-order valence-electron chi connectivity index (χ3n) is 0.651. The molecule has 0 unspecified atom stereocenters. The molecular formula is C8H18S6. The first kappa shape index (κ1) is 16.1. The van der Waals surface area contributed by atoms with E-state index >= 15 is 0 Å². The van der Waals surface area contributed by atoms with E-state index in [4.69, 9.17) is 0 Å². The van der Waals surface area contributed by atoms with Crippen LogP contribution < -0.4 is 0 Å². The molecule has 0 saturated carbocycles. The van der Waals surface area contributed by atoms with Crippen LogP contribution in [0.15, 0.2) is 0 Å². The quantitative estimate of drug-likeness (QED) is 0.414. The van der Waals surface area contributed by atoms with E-state index in [1.54, 1.807) is 0 Å². The van der Waals surface area contributed by atoms with Crippen molar-refractivity contribution in [1.82, 2.24) is 0 Å². The zero-order chi connectivity index (χ0) is 11.2. The third-order valence-corrected chi connectivity index (χ3v) is 13.1. The van der Waals surface area contributed by atoms with Crippen LogP contribution in [0.2, 0.25) is 0 Å². The molecule has 0 rings (SSSR count). The van der Waals surface area contributed by atoms with E-state index in [9.17, 15) is 0 Å². The topological polar surface area (TPSA) is 0 Å². The Morgan fingerprint density at radius 2 is 0.786 bits per heavy atom. The van der Waals surface area contributed by atoms with Crippen molar-refractivity contribution in [2.24, 2.45) is 0 Å². The van der Waals surface area contributed by atoms with Gasteiger partial charge in [-0.15, -0.1) is 0 Å². The Morgan fingerprint density at radius 1 is 0.500 bits per heavy atom. The fourth-order valence-electron chi connectivity index (χ4n) is 0.255. The van der Waals surface area contributed by atoms with Crippen molar-refractivity contribution >= 4 is 60.9 Å². The lowest BCUT2D eigenvalue weighted by Gasteiger charge is -2.16. The van der Waals surface area contributed by atoms with E-state index in [0.29, 0.717) is 9.49 Å². The summed E-state index contributed by atoms with van der Waals surface area (Å²) >= 11 is 0. The van der Waals surface area contributed by atoms with Crippen LogP contribution in [0.5, 0.6) is 0 Å². The Labute approximate surface area is 111 Å². The molecule has 86 valence electrons. The minimum Gasteiger partial charge on any atom is -0.0757 e. The maximum Gasteiger partial charge on any atom is 0.0187 e. The molecule has 0 aromatic rings. The average Bonchev–Trinajstić information content (AvgIpc) is 1.92. The highest BCUT2D eigenvalue weighted by Crippen LogP contribution is 2.56. The Bertz CT molecular complexity index is 127. The van der Waals surface area contributed by atoms with Gasteiger partial charge in [-0.05, 0) is 39.3 Å². The summed E-state index contributed by atoms with van der Waals surface area (Å²) in [5.41, 5.74) is 0. The van der Waals surface area contributed by atoms with Crippen molar-refractivity contribution in [3.05, 3.63) is 0 Å². The lowest BCUT2D eigenvalue weighted by Crippen LogP contribution is -2.03. The van der Waals surface area contributed by atoms with Crippen molar-refractivity contribution in [2.45, 2.75) is 51.0 Å². The smallest absolute Gasteiger partial charge is 0.0187 e. The number of rotatable bonds is 5. The molecule has 0 amide bonds. The predicted octanol–water partition coefficient (Wildman–Crippen LogP) is 6.56. The van der Waals surface area contributed by atoms with Gasteiger partial charge in [-0.3, -0.25) is 0 Å². The fraction of sp³-hybridized carbons (Fsp3) is 1.00. The van der Waals surface area contributed by atoms with Crippen LogP contribution in [0.3, 0.4) is 0 Å². The Morgan fingerprint density at radius 3 is 1.00 bits per heavy atom. The van der Waals surface area contributed by atoms with Crippen LogP contribution in [0.1, 0.15) is 41.5 Å². The van der Waals surface area contributed by atoms with Gasteiger partial charge in [0, 0.05) is 9.49 Å². The summed E-state index contributed by atoms with van der Waals surface area (Å²) in [6.07, 6.45) is 0. The Balaban J connectivity index is 3.23. The molecule has 0 nitrogen and oxygen atoms in total. The molecule has 14 heavy (non-hydrogen) atoms. The maximum atomic E-state index is 2.24. The van der Waals surface area contributed by atoms with Crippen LogP contribution in [-0.4, -0.2) is 9.49 Å². The van der Waals surface area contributed by atoms with Gasteiger partial charge in [0.2, 0.25) is 0 Å². The van der Waals surface area contributed by atoms with Crippen molar-refractivity contribution in [1.29, 1.82) is 0 Å². The van der Waals surface area contributed by atoms with E-state index in [-0.39, 0.29) is 0 Å².